The maximum atomic E-state index is 14.9. The first-order chi connectivity index (χ1) is 21.6. The molecule has 1 N–H and O–H groups in total. The maximum absolute atomic E-state index is 14.9. The molecule has 254 valence electrons. The summed E-state index contributed by atoms with van der Waals surface area (Å²) in [6.45, 7) is 23.7. The van der Waals surface area contributed by atoms with Gasteiger partial charge >= 0.3 is 0 Å². The second kappa shape index (κ2) is 13.5. The van der Waals surface area contributed by atoms with Crippen molar-refractivity contribution in [3.05, 3.63) is 49.6 Å². The third kappa shape index (κ3) is 6.50. The van der Waals surface area contributed by atoms with E-state index < -0.39 is 34.6 Å². The van der Waals surface area contributed by atoms with E-state index in [0.29, 0.717) is 56.8 Å². The van der Waals surface area contributed by atoms with Gasteiger partial charge in [0.25, 0.3) is 0 Å². The molecule has 2 unspecified atom stereocenters. The molecule has 4 rings (SSSR count). The van der Waals surface area contributed by atoms with E-state index in [1.807, 2.05) is 43.0 Å². The number of amides is 3. The van der Waals surface area contributed by atoms with Gasteiger partial charge < -0.3 is 29.3 Å². The third-order valence-electron chi connectivity index (χ3n) is 9.89. The predicted molar refractivity (Wildman–Crippen MR) is 180 cm³/mol. The van der Waals surface area contributed by atoms with Gasteiger partial charge in [0.1, 0.15) is 17.4 Å². The molecule has 0 saturated carbocycles. The highest BCUT2D eigenvalue weighted by atomic mass is 16.5. The monoisotopic (exact) mass is 637 g/mol. The average molecular weight is 638 g/mol. The smallest absolute Gasteiger partial charge is 0.249 e. The Morgan fingerprint density at radius 1 is 1.07 bits per heavy atom. The van der Waals surface area contributed by atoms with Crippen LogP contribution >= 0.6 is 0 Å². The zero-order chi connectivity index (χ0) is 34.1. The fourth-order valence-electron chi connectivity index (χ4n) is 8.53. The molecule has 3 saturated heterocycles. The van der Waals surface area contributed by atoms with Crippen molar-refractivity contribution in [2.24, 2.45) is 17.3 Å². The highest BCUT2D eigenvalue weighted by molar-refractivity contribution is 6.03. The first kappa shape index (κ1) is 35.7. The number of unbranched alkanes of at least 4 members (excludes halogenated alkanes) is 1. The van der Waals surface area contributed by atoms with Gasteiger partial charge in [-0.25, -0.2) is 0 Å². The van der Waals surface area contributed by atoms with Crippen LogP contribution in [0.1, 0.15) is 80.6 Å². The lowest BCUT2D eigenvalue weighted by molar-refractivity contribution is -0.155. The van der Waals surface area contributed by atoms with Crippen molar-refractivity contribution in [2.75, 3.05) is 37.7 Å². The summed E-state index contributed by atoms with van der Waals surface area (Å²) >= 11 is 0. The lowest BCUT2D eigenvalue weighted by atomic mass is 9.65. The second-order valence-corrected chi connectivity index (χ2v) is 15.1. The van der Waals surface area contributed by atoms with E-state index in [9.17, 15) is 19.5 Å². The summed E-state index contributed by atoms with van der Waals surface area (Å²) in [7, 11) is 0. The molecule has 3 amide bonds. The van der Waals surface area contributed by atoms with E-state index in [1.54, 1.807) is 22.0 Å². The fraction of sp³-hybridized carbons (Fsp3) is 0.649. The molecule has 0 aromatic heterocycles. The van der Waals surface area contributed by atoms with Crippen molar-refractivity contribution in [1.82, 2.24) is 9.80 Å². The van der Waals surface area contributed by atoms with Crippen molar-refractivity contribution < 1.29 is 29.0 Å². The Morgan fingerprint density at radius 3 is 2.28 bits per heavy atom. The minimum absolute atomic E-state index is 0.00923. The number of aliphatic hydroxyl groups is 1. The number of fused-ring (bicyclic) bond motifs is 1. The van der Waals surface area contributed by atoms with Crippen molar-refractivity contribution in [3.63, 3.8) is 0 Å². The molecule has 3 heterocycles. The van der Waals surface area contributed by atoms with Crippen LogP contribution in [0.2, 0.25) is 0 Å². The molecule has 9 heteroatoms. The van der Waals surface area contributed by atoms with Gasteiger partial charge in [0.15, 0.2) is 0 Å². The largest absolute Gasteiger partial charge is 0.494 e. The van der Waals surface area contributed by atoms with Gasteiger partial charge in [0.05, 0.1) is 24.0 Å². The number of carbonyl (C=O) groups excluding carboxylic acids is 3. The van der Waals surface area contributed by atoms with Gasteiger partial charge in [-0.15, -0.1) is 13.2 Å². The van der Waals surface area contributed by atoms with Crippen LogP contribution in [0.5, 0.6) is 5.75 Å². The normalized spacial score (nSPS) is 27.0. The molecule has 0 aliphatic carbocycles. The average Bonchev–Trinajstić information content (AvgIpc) is 3.54. The number of ether oxygens (including phenoxy) is 2. The van der Waals surface area contributed by atoms with Crippen LogP contribution in [0.3, 0.4) is 0 Å². The molecule has 1 aromatic rings. The topological polar surface area (TPSA) is 99.6 Å². The van der Waals surface area contributed by atoms with Gasteiger partial charge in [0, 0.05) is 37.5 Å². The molecule has 5 atom stereocenters. The minimum atomic E-state index is -1.14. The summed E-state index contributed by atoms with van der Waals surface area (Å²) in [5.41, 5.74) is -1.98. The van der Waals surface area contributed by atoms with Gasteiger partial charge in [-0.3, -0.25) is 14.4 Å². The maximum Gasteiger partial charge on any atom is 0.249 e. The number of hydrogen-bond acceptors (Lipinski definition) is 6. The SMILES string of the molecule is C=CCN(C(=O)[C@@H]1[C@H]2C(=O)N(CCCCO)C(C(=O)N(CC=C)C(C)(C)CC(C)(C)C)C23CC[C@@]1(C)O3)c1ccc(OCC)cc1. The number of anilines is 1. The number of likely N-dealkylation sites (tertiary alicyclic amines) is 1. The number of nitrogens with zero attached hydrogens (tertiary/aromatic N) is 3. The van der Waals surface area contributed by atoms with Crippen LogP contribution in [0.4, 0.5) is 5.69 Å². The predicted octanol–water partition coefficient (Wildman–Crippen LogP) is 5.37. The second-order valence-electron chi connectivity index (χ2n) is 15.1. The Balaban J connectivity index is 1.78. The van der Waals surface area contributed by atoms with Gasteiger partial charge in [-0.1, -0.05) is 32.9 Å². The summed E-state index contributed by atoms with van der Waals surface area (Å²) in [5, 5.41) is 9.55. The van der Waals surface area contributed by atoms with Crippen molar-refractivity contribution >= 4 is 23.4 Å². The molecular formula is C37H55N3O6. The van der Waals surface area contributed by atoms with E-state index in [-0.39, 0.29) is 36.3 Å². The number of carbonyl (C=O) groups is 3. The van der Waals surface area contributed by atoms with E-state index in [4.69, 9.17) is 9.47 Å². The summed E-state index contributed by atoms with van der Waals surface area (Å²) < 4.78 is 12.5. The van der Waals surface area contributed by atoms with Gasteiger partial charge in [-0.05, 0) is 89.5 Å². The molecule has 1 spiro atoms. The van der Waals surface area contributed by atoms with Crippen molar-refractivity contribution in [1.29, 1.82) is 0 Å². The molecular weight excluding hydrogens is 582 g/mol. The molecule has 2 bridgehead atoms. The Kier molecular flexibility index (Phi) is 10.5. The molecule has 0 radical (unpaired) electrons. The van der Waals surface area contributed by atoms with Crippen LogP contribution in [0, 0.1) is 17.3 Å². The summed E-state index contributed by atoms with van der Waals surface area (Å²) in [5.74, 6) is -1.51. The molecule has 46 heavy (non-hydrogen) atoms. The number of benzene rings is 1. The Hall–Kier alpha value is -3.17. The van der Waals surface area contributed by atoms with E-state index in [0.717, 1.165) is 6.42 Å². The Bertz CT molecular complexity index is 1300. The van der Waals surface area contributed by atoms with Crippen molar-refractivity contribution in [3.8, 4) is 5.75 Å². The first-order valence-electron chi connectivity index (χ1n) is 16.8. The fourth-order valence-corrected chi connectivity index (χ4v) is 8.53. The molecule has 3 fully saturated rings. The van der Waals surface area contributed by atoms with E-state index >= 15 is 0 Å². The van der Waals surface area contributed by atoms with Crippen molar-refractivity contribution in [2.45, 2.75) is 103 Å². The Labute approximate surface area is 275 Å². The summed E-state index contributed by atoms with van der Waals surface area (Å²) in [4.78, 5) is 49.4. The minimum Gasteiger partial charge on any atom is -0.494 e. The molecule has 9 nitrogen and oxygen atoms in total. The van der Waals surface area contributed by atoms with Crippen LogP contribution in [0.15, 0.2) is 49.6 Å². The third-order valence-corrected chi connectivity index (χ3v) is 9.89. The quantitative estimate of drug-likeness (QED) is 0.205. The van der Waals surface area contributed by atoms with Gasteiger partial charge in [0.2, 0.25) is 17.7 Å². The first-order valence-corrected chi connectivity index (χ1v) is 16.8. The lowest BCUT2D eigenvalue weighted by Crippen LogP contribution is -2.61. The van der Waals surface area contributed by atoms with Crippen LogP contribution < -0.4 is 9.64 Å². The number of rotatable bonds is 15. The molecule has 1 aromatic carbocycles. The summed E-state index contributed by atoms with van der Waals surface area (Å²) in [6, 6.07) is 6.45. The molecule has 3 aliphatic heterocycles. The molecule has 3 aliphatic rings. The standard InChI is InChI=1S/C37H55N3O6/c1-10-21-38(26-15-17-27(18-16-26)45-12-3)31(42)28-29-32(43)39(23-13-14-24-41)30(37(29)20-19-36(28,9)46-37)33(44)40(22-11-2)35(7,8)25-34(4,5)6/h10-11,15-18,28-30,41H,1-2,12-14,19-25H2,3-9H3/t28-,29-,30?,36+,37?/m0/s1. The highest BCUT2D eigenvalue weighted by Crippen LogP contribution is 2.64. The number of hydrogen-bond donors (Lipinski definition) is 1. The van der Waals surface area contributed by atoms with E-state index in [2.05, 4.69) is 47.8 Å². The zero-order valence-electron chi connectivity index (χ0n) is 29.0. The Morgan fingerprint density at radius 2 is 1.72 bits per heavy atom. The van der Waals surface area contributed by atoms with Crippen LogP contribution in [-0.2, 0) is 19.1 Å². The van der Waals surface area contributed by atoms with E-state index in [1.165, 1.54) is 0 Å². The lowest BCUT2D eigenvalue weighted by Gasteiger charge is -2.45. The number of aliphatic hydroxyl groups excluding tert-OH is 1. The van der Waals surface area contributed by atoms with Crippen LogP contribution in [-0.4, -0.2) is 88.3 Å². The van der Waals surface area contributed by atoms with Crippen LogP contribution in [0.25, 0.3) is 0 Å². The highest BCUT2D eigenvalue weighted by Gasteiger charge is 2.78. The van der Waals surface area contributed by atoms with Gasteiger partial charge in [-0.2, -0.15) is 0 Å². The summed E-state index contributed by atoms with van der Waals surface area (Å²) in [6.07, 6.45) is 6.23. The zero-order valence-corrected chi connectivity index (χ0v) is 29.0.